The second kappa shape index (κ2) is 6.51. The third kappa shape index (κ3) is 3.79. The number of hydrazine groups is 1. The number of hydrogen-bond donors (Lipinski definition) is 3. The lowest BCUT2D eigenvalue weighted by atomic mass is 10.1. The Morgan fingerprint density at radius 1 is 1.21 bits per heavy atom. The number of aromatic nitrogens is 1. The van der Waals surface area contributed by atoms with Gasteiger partial charge < -0.3 is 10.7 Å². The van der Waals surface area contributed by atoms with Gasteiger partial charge in [-0.25, -0.2) is 10.8 Å². The Bertz CT molecular complexity index is 542. The highest BCUT2D eigenvalue weighted by Gasteiger charge is 2.05. The van der Waals surface area contributed by atoms with Gasteiger partial charge in [-0.15, -0.1) is 0 Å². The van der Waals surface area contributed by atoms with Gasteiger partial charge in [-0.2, -0.15) is 0 Å². The number of nitrogen functional groups attached to an aromatic ring is 1. The molecule has 0 unspecified atom stereocenters. The molecular weight excluding hydrogens is 240 g/mol. The van der Waals surface area contributed by atoms with E-state index in [1.807, 2.05) is 30.3 Å². The van der Waals surface area contributed by atoms with Crippen molar-refractivity contribution in [3.8, 4) is 0 Å². The van der Waals surface area contributed by atoms with Gasteiger partial charge in [0.15, 0.2) is 0 Å². The summed E-state index contributed by atoms with van der Waals surface area (Å²) in [4.78, 5) is 15.8. The Labute approximate surface area is 111 Å². The van der Waals surface area contributed by atoms with E-state index in [2.05, 4.69) is 15.7 Å². The predicted molar refractivity (Wildman–Crippen MR) is 74.5 cm³/mol. The monoisotopic (exact) mass is 256 g/mol. The molecule has 5 nitrogen and oxygen atoms in total. The van der Waals surface area contributed by atoms with Gasteiger partial charge in [0.1, 0.15) is 5.82 Å². The van der Waals surface area contributed by atoms with Crippen LogP contribution in [0.2, 0.25) is 0 Å². The van der Waals surface area contributed by atoms with Crippen molar-refractivity contribution in [1.29, 1.82) is 0 Å². The van der Waals surface area contributed by atoms with Crippen LogP contribution in [0.25, 0.3) is 0 Å². The second-order valence-electron chi connectivity index (χ2n) is 4.07. The number of carbonyl (C=O) groups is 1. The standard InChI is InChI=1S/C14H16N4O/c15-18-13-10-12(7-9-16-13)14(19)17-8-6-11-4-2-1-3-5-11/h1-5,7,9-10H,6,8,15H2,(H,16,18)(H,17,19). The number of anilines is 1. The number of benzene rings is 1. The summed E-state index contributed by atoms with van der Waals surface area (Å²) in [6.45, 7) is 0.594. The molecule has 0 saturated carbocycles. The topological polar surface area (TPSA) is 80.0 Å². The molecule has 0 bridgehead atoms. The number of pyridine rings is 1. The molecule has 0 aliphatic rings. The zero-order chi connectivity index (χ0) is 13.5. The molecule has 0 saturated heterocycles. The molecule has 0 aliphatic carbocycles. The van der Waals surface area contributed by atoms with E-state index in [0.717, 1.165) is 6.42 Å². The molecule has 98 valence electrons. The van der Waals surface area contributed by atoms with E-state index in [4.69, 9.17) is 5.84 Å². The van der Waals surface area contributed by atoms with Crippen molar-refractivity contribution in [2.24, 2.45) is 5.84 Å². The van der Waals surface area contributed by atoms with E-state index < -0.39 is 0 Å². The van der Waals surface area contributed by atoms with Crippen LogP contribution in [0.1, 0.15) is 15.9 Å². The summed E-state index contributed by atoms with van der Waals surface area (Å²) < 4.78 is 0. The summed E-state index contributed by atoms with van der Waals surface area (Å²) >= 11 is 0. The number of nitrogens with two attached hydrogens (primary N) is 1. The fourth-order valence-corrected chi connectivity index (χ4v) is 1.72. The van der Waals surface area contributed by atoms with Gasteiger partial charge in [-0.05, 0) is 24.1 Å². The van der Waals surface area contributed by atoms with Crippen LogP contribution in [0.3, 0.4) is 0 Å². The zero-order valence-corrected chi connectivity index (χ0v) is 10.5. The molecule has 0 atom stereocenters. The first-order chi connectivity index (χ1) is 9.29. The summed E-state index contributed by atoms with van der Waals surface area (Å²) in [5, 5.41) is 2.86. The summed E-state index contributed by atoms with van der Waals surface area (Å²) in [7, 11) is 0. The Morgan fingerprint density at radius 3 is 2.74 bits per heavy atom. The average Bonchev–Trinajstić information content (AvgIpc) is 2.48. The van der Waals surface area contributed by atoms with Crippen LogP contribution in [0.5, 0.6) is 0 Å². The quantitative estimate of drug-likeness (QED) is 0.557. The van der Waals surface area contributed by atoms with Crippen LogP contribution < -0.4 is 16.6 Å². The minimum Gasteiger partial charge on any atom is -0.352 e. The smallest absolute Gasteiger partial charge is 0.251 e. The zero-order valence-electron chi connectivity index (χ0n) is 10.5. The first-order valence-electron chi connectivity index (χ1n) is 6.04. The number of carbonyl (C=O) groups excluding carboxylic acids is 1. The Hall–Kier alpha value is -2.40. The normalized spacial score (nSPS) is 9.95. The first-order valence-corrected chi connectivity index (χ1v) is 6.04. The van der Waals surface area contributed by atoms with Crippen molar-refractivity contribution < 1.29 is 4.79 Å². The van der Waals surface area contributed by atoms with E-state index >= 15 is 0 Å². The highest BCUT2D eigenvalue weighted by Crippen LogP contribution is 2.05. The molecule has 1 amide bonds. The van der Waals surface area contributed by atoms with E-state index in [1.165, 1.54) is 5.56 Å². The molecule has 2 aromatic rings. The maximum Gasteiger partial charge on any atom is 0.251 e. The van der Waals surface area contributed by atoms with Crippen molar-refractivity contribution in [3.05, 3.63) is 59.8 Å². The van der Waals surface area contributed by atoms with Crippen LogP contribution in [-0.2, 0) is 6.42 Å². The first kappa shape index (κ1) is 13.0. The summed E-state index contributed by atoms with van der Waals surface area (Å²) in [6, 6.07) is 13.3. The summed E-state index contributed by atoms with van der Waals surface area (Å²) in [6.07, 6.45) is 2.35. The molecule has 2 rings (SSSR count). The fraction of sp³-hybridized carbons (Fsp3) is 0.143. The van der Waals surface area contributed by atoms with Crippen molar-refractivity contribution in [2.75, 3.05) is 12.0 Å². The molecule has 1 aromatic carbocycles. The number of nitrogens with zero attached hydrogens (tertiary/aromatic N) is 1. The Kier molecular flexibility index (Phi) is 4.47. The lowest BCUT2D eigenvalue weighted by Crippen LogP contribution is -2.26. The molecule has 0 spiro atoms. The average molecular weight is 256 g/mol. The second-order valence-corrected chi connectivity index (χ2v) is 4.07. The molecule has 0 radical (unpaired) electrons. The van der Waals surface area contributed by atoms with Crippen LogP contribution in [-0.4, -0.2) is 17.4 Å². The SMILES string of the molecule is NNc1cc(C(=O)NCCc2ccccc2)ccn1. The van der Waals surface area contributed by atoms with E-state index in [-0.39, 0.29) is 5.91 Å². The predicted octanol–water partition coefficient (Wildman–Crippen LogP) is 1.34. The lowest BCUT2D eigenvalue weighted by molar-refractivity contribution is 0.0954. The summed E-state index contributed by atoms with van der Waals surface area (Å²) in [5.74, 6) is 5.59. The van der Waals surface area contributed by atoms with Crippen molar-refractivity contribution in [3.63, 3.8) is 0 Å². The van der Waals surface area contributed by atoms with Crippen LogP contribution in [0, 0.1) is 0 Å². The third-order valence-corrected chi connectivity index (χ3v) is 2.71. The highest BCUT2D eigenvalue weighted by molar-refractivity contribution is 5.94. The van der Waals surface area contributed by atoms with Crippen molar-refractivity contribution >= 4 is 11.7 Å². The van der Waals surface area contributed by atoms with Crippen LogP contribution in [0.4, 0.5) is 5.82 Å². The molecule has 1 aromatic heterocycles. The van der Waals surface area contributed by atoms with Crippen molar-refractivity contribution in [2.45, 2.75) is 6.42 Å². The van der Waals surface area contributed by atoms with E-state index in [9.17, 15) is 4.79 Å². The number of amides is 1. The fourth-order valence-electron chi connectivity index (χ4n) is 1.72. The van der Waals surface area contributed by atoms with Gasteiger partial charge in [-0.1, -0.05) is 30.3 Å². The van der Waals surface area contributed by atoms with Gasteiger partial charge in [0.05, 0.1) is 0 Å². The lowest BCUT2D eigenvalue weighted by Gasteiger charge is -2.06. The highest BCUT2D eigenvalue weighted by atomic mass is 16.1. The van der Waals surface area contributed by atoms with Gasteiger partial charge in [0.25, 0.3) is 5.91 Å². The van der Waals surface area contributed by atoms with E-state index in [0.29, 0.717) is 17.9 Å². The molecule has 0 fully saturated rings. The van der Waals surface area contributed by atoms with Gasteiger partial charge in [0, 0.05) is 18.3 Å². The van der Waals surface area contributed by atoms with Crippen molar-refractivity contribution in [1.82, 2.24) is 10.3 Å². The van der Waals surface area contributed by atoms with E-state index in [1.54, 1.807) is 18.3 Å². The van der Waals surface area contributed by atoms with Crippen LogP contribution in [0.15, 0.2) is 48.7 Å². The molecule has 4 N–H and O–H groups in total. The molecule has 5 heteroatoms. The Balaban J connectivity index is 1.87. The largest absolute Gasteiger partial charge is 0.352 e. The minimum atomic E-state index is -0.130. The molecule has 19 heavy (non-hydrogen) atoms. The molecular formula is C14H16N4O. The maximum atomic E-state index is 11.9. The number of nitrogens with one attached hydrogen (secondary N) is 2. The van der Waals surface area contributed by atoms with Gasteiger partial charge in [0.2, 0.25) is 0 Å². The Morgan fingerprint density at radius 2 is 2.00 bits per heavy atom. The summed E-state index contributed by atoms with van der Waals surface area (Å²) in [5.41, 5.74) is 4.15. The number of rotatable bonds is 5. The van der Waals surface area contributed by atoms with Gasteiger partial charge >= 0.3 is 0 Å². The van der Waals surface area contributed by atoms with Crippen LogP contribution >= 0.6 is 0 Å². The molecule has 0 aliphatic heterocycles. The molecule has 1 heterocycles. The minimum absolute atomic E-state index is 0.130. The maximum absolute atomic E-state index is 11.9. The van der Waals surface area contributed by atoms with Gasteiger partial charge in [-0.3, -0.25) is 4.79 Å². The number of hydrogen-bond acceptors (Lipinski definition) is 4. The third-order valence-electron chi connectivity index (χ3n) is 2.71.